The van der Waals surface area contributed by atoms with Gasteiger partial charge in [-0.2, -0.15) is 5.10 Å². The van der Waals surface area contributed by atoms with Gasteiger partial charge >= 0.3 is 0 Å². The van der Waals surface area contributed by atoms with Crippen molar-refractivity contribution in [1.82, 2.24) is 20.0 Å². The predicted octanol–water partition coefficient (Wildman–Crippen LogP) is 2.12. The second kappa shape index (κ2) is 7.37. The van der Waals surface area contributed by atoms with Gasteiger partial charge < -0.3 is 5.32 Å². The summed E-state index contributed by atoms with van der Waals surface area (Å²) in [6, 6.07) is -0.390. The van der Waals surface area contributed by atoms with Gasteiger partial charge in [0.15, 0.2) is 0 Å². The summed E-state index contributed by atoms with van der Waals surface area (Å²) < 4.78 is 26.2. The van der Waals surface area contributed by atoms with E-state index in [1.54, 1.807) is 4.68 Å². The second-order valence-corrected chi connectivity index (χ2v) is 5.97. The Bertz CT molecular complexity index is 535. The van der Waals surface area contributed by atoms with Crippen molar-refractivity contribution in [3.05, 3.63) is 16.4 Å². The molecule has 22 heavy (non-hydrogen) atoms. The van der Waals surface area contributed by atoms with Crippen LogP contribution in [0.5, 0.6) is 0 Å². The van der Waals surface area contributed by atoms with E-state index in [9.17, 15) is 13.6 Å². The number of amides is 1. The Hall–Kier alpha value is -1.21. The Morgan fingerprint density at radius 1 is 1.50 bits per heavy atom. The van der Waals surface area contributed by atoms with Crippen LogP contribution in [-0.2, 0) is 18.4 Å². The SMILES string of the molecule is Cc1nn(C)c(CN2CCCC[C@H]2C(=O)NCC(F)F)c1Cl. The van der Waals surface area contributed by atoms with Crippen LogP contribution >= 0.6 is 11.6 Å². The maximum Gasteiger partial charge on any atom is 0.255 e. The molecule has 1 N–H and O–H groups in total. The fourth-order valence-corrected chi connectivity index (χ4v) is 3.04. The molecule has 1 aromatic rings. The first kappa shape index (κ1) is 17.1. The third-order valence-corrected chi connectivity index (χ3v) is 4.45. The number of carbonyl (C=O) groups excluding carboxylic acids is 1. The van der Waals surface area contributed by atoms with Crippen molar-refractivity contribution in [2.75, 3.05) is 13.1 Å². The molecule has 0 bridgehead atoms. The standard InChI is InChI=1S/C14H21ClF2N4O/c1-9-13(15)11(20(2)19-9)8-21-6-4-3-5-10(21)14(22)18-7-12(16)17/h10,12H,3-8H2,1-2H3,(H,18,22)/t10-/m0/s1. The summed E-state index contributed by atoms with van der Waals surface area (Å²) in [6.07, 6.45) is 0.0352. The van der Waals surface area contributed by atoms with Crippen LogP contribution in [0.4, 0.5) is 8.78 Å². The van der Waals surface area contributed by atoms with Crippen LogP contribution in [0.2, 0.25) is 5.02 Å². The molecule has 0 aliphatic carbocycles. The van der Waals surface area contributed by atoms with Crippen LogP contribution in [0, 0.1) is 6.92 Å². The number of aromatic nitrogens is 2. The molecule has 1 atom stereocenters. The molecule has 124 valence electrons. The first-order chi connectivity index (χ1) is 10.4. The number of hydrogen-bond acceptors (Lipinski definition) is 3. The average molecular weight is 335 g/mol. The monoisotopic (exact) mass is 334 g/mol. The highest BCUT2D eigenvalue weighted by Crippen LogP contribution is 2.25. The Labute approximate surface area is 133 Å². The van der Waals surface area contributed by atoms with E-state index in [-0.39, 0.29) is 5.91 Å². The summed E-state index contributed by atoms with van der Waals surface area (Å²) in [5, 5.41) is 7.18. The lowest BCUT2D eigenvalue weighted by atomic mass is 10.0. The quantitative estimate of drug-likeness (QED) is 0.897. The van der Waals surface area contributed by atoms with Gasteiger partial charge in [0.1, 0.15) is 0 Å². The number of piperidine rings is 1. The van der Waals surface area contributed by atoms with Gasteiger partial charge in [-0.3, -0.25) is 14.4 Å². The largest absolute Gasteiger partial charge is 0.349 e. The zero-order valence-corrected chi connectivity index (χ0v) is 13.5. The van der Waals surface area contributed by atoms with Crippen LogP contribution in [0.3, 0.4) is 0 Å². The molecular weight excluding hydrogens is 314 g/mol. The fraction of sp³-hybridized carbons (Fsp3) is 0.714. The van der Waals surface area contributed by atoms with E-state index in [1.807, 2.05) is 18.9 Å². The topological polar surface area (TPSA) is 50.2 Å². The second-order valence-electron chi connectivity index (χ2n) is 5.59. The van der Waals surface area contributed by atoms with E-state index in [0.29, 0.717) is 18.0 Å². The molecule has 2 rings (SSSR count). The Balaban J connectivity index is 2.08. The van der Waals surface area contributed by atoms with Gasteiger partial charge in [-0.15, -0.1) is 0 Å². The molecule has 1 aliphatic heterocycles. The van der Waals surface area contributed by atoms with Gasteiger partial charge in [0.2, 0.25) is 5.91 Å². The summed E-state index contributed by atoms with van der Waals surface area (Å²) >= 11 is 6.25. The highest BCUT2D eigenvalue weighted by molar-refractivity contribution is 6.31. The van der Waals surface area contributed by atoms with E-state index in [4.69, 9.17) is 11.6 Å². The summed E-state index contributed by atoms with van der Waals surface area (Å²) in [4.78, 5) is 14.1. The first-order valence-electron chi connectivity index (χ1n) is 7.38. The fourth-order valence-electron chi connectivity index (χ4n) is 2.82. The predicted molar refractivity (Wildman–Crippen MR) is 80.0 cm³/mol. The summed E-state index contributed by atoms with van der Waals surface area (Å²) in [5.74, 6) is -0.338. The van der Waals surface area contributed by atoms with E-state index >= 15 is 0 Å². The summed E-state index contributed by atoms with van der Waals surface area (Å²) in [7, 11) is 1.81. The third kappa shape index (κ3) is 3.95. The molecule has 0 radical (unpaired) electrons. The highest BCUT2D eigenvalue weighted by Gasteiger charge is 2.30. The van der Waals surface area contributed by atoms with Gasteiger partial charge in [0.25, 0.3) is 6.43 Å². The van der Waals surface area contributed by atoms with Crippen LogP contribution in [-0.4, -0.2) is 46.1 Å². The molecular formula is C14H21ClF2N4O. The lowest BCUT2D eigenvalue weighted by molar-refractivity contribution is -0.128. The van der Waals surface area contributed by atoms with Crippen LogP contribution in [0.25, 0.3) is 0 Å². The number of rotatable bonds is 5. The Morgan fingerprint density at radius 2 is 2.23 bits per heavy atom. The number of halogens is 3. The zero-order chi connectivity index (χ0) is 16.3. The molecule has 1 fully saturated rings. The molecule has 0 aromatic carbocycles. The first-order valence-corrected chi connectivity index (χ1v) is 7.75. The van der Waals surface area contributed by atoms with E-state index in [1.165, 1.54) is 0 Å². The molecule has 1 aromatic heterocycles. The molecule has 2 heterocycles. The van der Waals surface area contributed by atoms with E-state index < -0.39 is 19.0 Å². The van der Waals surface area contributed by atoms with Gasteiger partial charge in [-0.05, 0) is 26.3 Å². The number of nitrogens with zero attached hydrogens (tertiary/aromatic N) is 3. The van der Waals surface area contributed by atoms with Crippen LogP contribution < -0.4 is 5.32 Å². The number of hydrogen-bond donors (Lipinski definition) is 1. The molecule has 1 aliphatic rings. The highest BCUT2D eigenvalue weighted by atomic mass is 35.5. The van der Waals surface area contributed by atoms with E-state index in [2.05, 4.69) is 10.4 Å². The zero-order valence-electron chi connectivity index (χ0n) is 12.8. The van der Waals surface area contributed by atoms with Crippen molar-refractivity contribution in [2.45, 2.75) is 45.2 Å². The minimum absolute atomic E-state index is 0.338. The van der Waals surface area contributed by atoms with Crippen LogP contribution in [0.1, 0.15) is 30.7 Å². The smallest absolute Gasteiger partial charge is 0.255 e. The molecule has 1 amide bonds. The van der Waals surface area contributed by atoms with Crippen LogP contribution in [0.15, 0.2) is 0 Å². The molecule has 8 heteroatoms. The lowest BCUT2D eigenvalue weighted by Crippen LogP contribution is -2.50. The number of carbonyl (C=O) groups is 1. The van der Waals surface area contributed by atoms with Crippen molar-refractivity contribution < 1.29 is 13.6 Å². The lowest BCUT2D eigenvalue weighted by Gasteiger charge is -2.34. The molecule has 0 spiro atoms. The minimum Gasteiger partial charge on any atom is -0.349 e. The van der Waals surface area contributed by atoms with Gasteiger partial charge in [-0.25, -0.2) is 8.78 Å². The normalized spacial score (nSPS) is 19.6. The number of aryl methyl sites for hydroxylation is 2. The van der Waals surface area contributed by atoms with Crippen molar-refractivity contribution in [1.29, 1.82) is 0 Å². The Morgan fingerprint density at radius 3 is 2.82 bits per heavy atom. The van der Waals surface area contributed by atoms with Crippen molar-refractivity contribution >= 4 is 17.5 Å². The summed E-state index contributed by atoms with van der Waals surface area (Å²) in [5.41, 5.74) is 1.59. The van der Waals surface area contributed by atoms with Crippen molar-refractivity contribution in [3.63, 3.8) is 0 Å². The molecule has 1 saturated heterocycles. The number of nitrogens with one attached hydrogen (secondary N) is 1. The maximum atomic E-state index is 12.3. The molecule has 5 nitrogen and oxygen atoms in total. The van der Waals surface area contributed by atoms with E-state index in [0.717, 1.165) is 30.8 Å². The van der Waals surface area contributed by atoms with Crippen molar-refractivity contribution in [3.8, 4) is 0 Å². The number of alkyl halides is 2. The average Bonchev–Trinajstić information content (AvgIpc) is 2.72. The maximum absolute atomic E-state index is 12.3. The van der Waals surface area contributed by atoms with Crippen molar-refractivity contribution in [2.24, 2.45) is 7.05 Å². The van der Waals surface area contributed by atoms with Gasteiger partial charge in [0.05, 0.1) is 29.0 Å². The summed E-state index contributed by atoms with van der Waals surface area (Å²) in [6.45, 7) is 2.46. The molecule has 0 unspecified atom stereocenters. The number of likely N-dealkylation sites (tertiary alicyclic amines) is 1. The molecule has 0 saturated carbocycles. The Kier molecular flexibility index (Phi) is 5.74. The minimum atomic E-state index is -2.53. The third-order valence-electron chi connectivity index (χ3n) is 3.96. The van der Waals surface area contributed by atoms with Gasteiger partial charge in [-0.1, -0.05) is 18.0 Å². The van der Waals surface area contributed by atoms with Gasteiger partial charge in [0, 0.05) is 13.6 Å².